The Morgan fingerprint density at radius 3 is 2.44 bits per heavy atom. The molecule has 2 N–H and O–H groups in total. The third kappa shape index (κ3) is 4.86. The quantitative estimate of drug-likeness (QED) is 0.428. The number of esters is 1. The highest BCUT2D eigenvalue weighted by Crippen LogP contribution is 2.34. The fourth-order valence-corrected chi connectivity index (χ4v) is 4.54. The van der Waals surface area contributed by atoms with Crippen molar-refractivity contribution < 1.29 is 37.4 Å². The first kappa shape index (κ1) is 25.1. The summed E-state index contributed by atoms with van der Waals surface area (Å²) in [6, 6.07) is 4.46. The number of hydrogen-bond donors (Lipinski definition) is 2. The Morgan fingerprint density at radius 1 is 1.21 bits per heavy atom. The monoisotopic (exact) mass is 495 g/mol. The molecule has 1 aliphatic rings. The van der Waals surface area contributed by atoms with Gasteiger partial charge in [-0.05, 0) is 51.0 Å². The molecule has 1 aromatic carbocycles. The zero-order chi connectivity index (χ0) is 25.2. The van der Waals surface area contributed by atoms with Gasteiger partial charge in [-0.25, -0.2) is 9.59 Å². The second-order valence-electron chi connectivity index (χ2n) is 7.61. The van der Waals surface area contributed by atoms with Gasteiger partial charge in [0.2, 0.25) is 5.91 Å². The van der Waals surface area contributed by atoms with Crippen LogP contribution >= 0.6 is 11.3 Å². The Morgan fingerprint density at radius 2 is 1.85 bits per heavy atom. The maximum atomic E-state index is 13.0. The van der Waals surface area contributed by atoms with Crippen LogP contribution in [0.3, 0.4) is 0 Å². The third-order valence-corrected chi connectivity index (χ3v) is 6.47. The minimum atomic E-state index is -3.00. The number of thiophene rings is 1. The number of aryl methyl sites for hydroxylation is 1. The molecule has 0 radical (unpaired) electrons. The molecule has 0 aliphatic carbocycles. The third-order valence-electron chi connectivity index (χ3n) is 5.35. The molecule has 9 nitrogen and oxygen atoms in total. The molecule has 1 fully saturated rings. The van der Waals surface area contributed by atoms with E-state index in [9.17, 15) is 28.0 Å². The molecule has 0 saturated carbocycles. The van der Waals surface area contributed by atoms with Crippen LogP contribution in [0.5, 0.6) is 5.75 Å². The number of benzene rings is 1. The van der Waals surface area contributed by atoms with E-state index in [1.165, 1.54) is 42.5 Å². The smallest absolute Gasteiger partial charge is 0.387 e. The van der Waals surface area contributed by atoms with E-state index in [1.807, 2.05) is 0 Å². The molecule has 34 heavy (non-hydrogen) atoms. The minimum absolute atomic E-state index is 0.103. The van der Waals surface area contributed by atoms with Gasteiger partial charge in [-0.2, -0.15) is 8.78 Å². The Hall–Kier alpha value is -3.54. The number of urea groups is 1. The topological polar surface area (TPSA) is 114 Å². The Balaban J connectivity index is 1.75. The summed E-state index contributed by atoms with van der Waals surface area (Å²) < 4.78 is 34.1. The van der Waals surface area contributed by atoms with Crippen molar-refractivity contribution >= 4 is 40.2 Å². The van der Waals surface area contributed by atoms with Crippen LogP contribution in [-0.2, 0) is 19.9 Å². The van der Waals surface area contributed by atoms with Crippen molar-refractivity contribution in [1.82, 2.24) is 10.2 Å². The highest BCUT2D eigenvalue weighted by atomic mass is 32.1. The van der Waals surface area contributed by atoms with E-state index in [2.05, 4.69) is 15.4 Å². The summed E-state index contributed by atoms with van der Waals surface area (Å²) in [5.74, 6) is -2.06. The Bertz CT molecular complexity index is 1130. The van der Waals surface area contributed by atoms with Gasteiger partial charge in [0.25, 0.3) is 5.91 Å². The average Bonchev–Trinajstić information content (AvgIpc) is 3.15. The van der Waals surface area contributed by atoms with E-state index in [-0.39, 0.29) is 22.9 Å². The van der Waals surface area contributed by atoms with E-state index in [1.54, 1.807) is 20.8 Å². The van der Waals surface area contributed by atoms with Gasteiger partial charge in [0.15, 0.2) is 0 Å². The van der Waals surface area contributed by atoms with Gasteiger partial charge >= 0.3 is 18.6 Å². The normalized spacial score (nSPS) is 17.7. The van der Waals surface area contributed by atoms with E-state index in [0.29, 0.717) is 11.1 Å². The first-order valence-corrected chi connectivity index (χ1v) is 11.1. The maximum Gasteiger partial charge on any atom is 0.387 e. The molecule has 1 atom stereocenters. The molecule has 2 aromatic rings. The van der Waals surface area contributed by atoms with Crippen molar-refractivity contribution in [2.24, 2.45) is 0 Å². The van der Waals surface area contributed by atoms with Crippen LogP contribution in [0.15, 0.2) is 24.3 Å². The summed E-state index contributed by atoms with van der Waals surface area (Å²) in [7, 11) is 0. The van der Waals surface area contributed by atoms with Crippen LogP contribution in [0.25, 0.3) is 0 Å². The summed E-state index contributed by atoms with van der Waals surface area (Å²) in [6.45, 7) is 3.20. The lowest BCUT2D eigenvalue weighted by Gasteiger charge is -2.22. The number of rotatable bonds is 8. The summed E-state index contributed by atoms with van der Waals surface area (Å²) >= 11 is 1.18. The summed E-state index contributed by atoms with van der Waals surface area (Å²) in [6.07, 6.45) is 0. The molecule has 0 spiro atoms. The lowest BCUT2D eigenvalue weighted by molar-refractivity contribution is -0.133. The standard InChI is InChI=1S/C22H23F2N3O6S/c1-5-32-18(29)16-11(2)12(3)34-17(16)25-15(28)10-27-19(30)22(4,26-21(27)31)13-6-8-14(9-7-13)33-20(23)24/h6-9,20H,5,10H2,1-4H3,(H,25,28)(H,26,31)/t22-/m0/s1. The van der Waals surface area contributed by atoms with Gasteiger partial charge in [-0.3, -0.25) is 14.5 Å². The average molecular weight is 496 g/mol. The Labute approximate surface area is 198 Å². The molecular formula is C22H23F2N3O6S. The first-order chi connectivity index (χ1) is 16.0. The maximum absolute atomic E-state index is 13.0. The highest BCUT2D eigenvalue weighted by Gasteiger charge is 2.49. The largest absolute Gasteiger partial charge is 0.462 e. The lowest BCUT2D eigenvalue weighted by atomic mass is 9.92. The summed E-state index contributed by atoms with van der Waals surface area (Å²) in [5.41, 5.74) is -0.289. The predicted molar refractivity (Wildman–Crippen MR) is 119 cm³/mol. The molecule has 3 rings (SSSR count). The summed E-state index contributed by atoms with van der Waals surface area (Å²) in [4.78, 5) is 52.1. The molecule has 2 heterocycles. The second-order valence-corrected chi connectivity index (χ2v) is 8.83. The van der Waals surface area contributed by atoms with Crippen molar-refractivity contribution in [3.05, 3.63) is 45.8 Å². The first-order valence-electron chi connectivity index (χ1n) is 10.2. The zero-order valence-corrected chi connectivity index (χ0v) is 19.7. The SMILES string of the molecule is CCOC(=O)c1c(NC(=O)CN2C(=O)N[C@@](C)(c3ccc(OC(F)F)cc3)C2=O)sc(C)c1C. The van der Waals surface area contributed by atoms with Crippen molar-refractivity contribution in [3.8, 4) is 5.75 Å². The van der Waals surface area contributed by atoms with Gasteiger partial charge in [0.1, 0.15) is 22.8 Å². The van der Waals surface area contributed by atoms with Gasteiger partial charge in [0.05, 0.1) is 12.2 Å². The van der Waals surface area contributed by atoms with Crippen LogP contribution in [0.2, 0.25) is 0 Å². The number of carbonyl (C=O) groups excluding carboxylic acids is 4. The van der Waals surface area contributed by atoms with Crippen LogP contribution < -0.4 is 15.4 Å². The van der Waals surface area contributed by atoms with Crippen LogP contribution in [0.1, 0.15) is 40.2 Å². The molecule has 1 aromatic heterocycles. The van der Waals surface area contributed by atoms with Gasteiger partial charge in [0, 0.05) is 4.88 Å². The lowest BCUT2D eigenvalue weighted by Crippen LogP contribution is -2.42. The molecule has 0 bridgehead atoms. The van der Waals surface area contributed by atoms with Crippen molar-refractivity contribution in [2.45, 2.75) is 39.8 Å². The van der Waals surface area contributed by atoms with Gasteiger partial charge in [-0.15, -0.1) is 11.3 Å². The number of nitrogens with zero attached hydrogens (tertiary/aromatic N) is 1. The van der Waals surface area contributed by atoms with Gasteiger partial charge < -0.3 is 20.1 Å². The molecule has 1 aliphatic heterocycles. The molecule has 0 unspecified atom stereocenters. The molecule has 1 saturated heterocycles. The minimum Gasteiger partial charge on any atom is -0.462 e. The fourth-order valence-electron chi connectivity index (χ4n) is 3.48. The zero-order valence-electron chi connectivity index (χ0n) is 18.9. The van der Waals surface area contributed by atoms with E-state index < -0.39 is 42.5 Å². The highest BCUT2D eigenvalue weighted by molar-refractivity contribution is 7.16. The van der Waals surface area contributed by atoms with Crippen molar-refractivity contribution in [3.63, 3.8) is 0 Å². The second kappa shape index (κ2) is 9.75. The van der Waals surface area contributed by atoms with E-state index in [0.717, 1.165) is 9.78 Å². The Kier molecular flexibility index (Phi) is 7.20. The van der Waals surface area contributed by atoms with Crippen LogP contribution in [0, 0.1) is 13.8 Å². The van der Waals surface area contributed by atoms with Crippen LogP contribution in [-0.4, -0.2) is 48.5 Å². The molecular weight excluding hydrogens is 472 g/mol. The number of carbonyl (C=O) groups is 4. The number of halogens is 2. The number of hydrogen-bond acceptors (Lipinski definition) is 7. The number of alkyl halides is 2. The number of amides is 4. The van der Waals surface area contributed by atoms with E-state index in [4.69, 9.17) is 4.74 Å². The molecule has 4 amide bonds. The fraction of sp³-hybridized carbons (Fsp3) is 0.364. The van der Waals surface area contributed by atoms with Crippen molar-refractivity contribution in [2.75, 3.05) is 18.5 Å². The number of imide groups is 1. The van der Waals surface area contributed by atoms with Gasteiger partial charge in [-0.1, -0.05) is 12.1 Å². The number of nitrogens with one attached hydrogen (secondary N) is 2. The number of ether oxygens (including phenoxy) is 2. The van der Waals surface area contributed by atoms with E-state index >= 15 is 0 Å². The predicted octanol–water partition coefficient (Wildman–Crippen LogP) is 3.55. The molecule has 12 heteroatoms. The van der Waals surface area contributed by atoms with Crippen molar-refractivity contribution in [1.29, 1.82) is 0 Å². The van der Waals surface area contributed by atoms with Crippen LogP contribution in [0.4, 0.5) is 18.6 Å². The molecule has 182 valence electrons. The number of anilines is 1. The summed E-state index contributed by atoms with van der Waals surface area (Å²) in [5, 5.41) is 5.39.